The zero-order valence-corrected chi connectivity index (χ0v) is 95.5. The van der Waals surface area contributed by atoms with Crippen LogP contribution >= 0.6 is 31.9 Å². The summed E-state index contributed by atoms with van der Waals surface area (Å²) in [6.45, 7) is 48.2. The van der Waals surface area contributed by atoms with E-state index >= 15 is 0 Å². The Hall–Kier alpha value is -9.88. The lowest BCUT2D eigenvalue weighted by molar-refractivity contribution is -0.154. The van der Waals surface area contributed by atoms with Gasteiger partial charge in [0, 0.05) is 217 Å². The number of rotatable bonds is 23. The molecule has 8 atom stereocenters. The van der Waals surface area contributed by atoms with Gasteiger partial charge in [0.1, 0.15) is 5.76 Å². The number of piperidine rings is 4. The molecule has 0 bridgehead atoms. The number of hydrogen-bond donors (Lipinski definition) is 0. The number of piperazine rings is 4. The van der Waals surface area contributed by atoms with E-state index in [-0.39, 0.29) is 118 Å². The van der Waals surface area contributed by atoms with Crippen molar-refractivity contribution < 1.29 is 64.4 Å². The summed E-state index contributed by atoms with van der Waals surface area (Å²) in [7, 11) is -3.45. The van der Waals surface area contributed by atoms with Crippen molar-refractivity contribution in [3.05, 3.63) is 266 Å². The number of alkyl halides is 3. The van der Waals surface area contributed by atoms with Gasteiger partial charge in [-0.2, -0.15) is 13.2 Å². The summed E-state index contributed by atoms with van der Waals surface area (Å²) in [6.07, 6.45) is 4.74. The van der Waals surface area contributed by atoms with E-state index in [9.17, 15) is 59.9 Å². The Bertz CT molecular complexity index is 5840. The first-order valence-electron chi connectivity index (χ1n) is 54.5. The van der Waals surface area contributed by atoms with Gasteiger partial charge < -0.3 is 43.6 Å². The number of amides is 8. The molecule has 0 N–H and O–H groups in total. The van der Waals surface area contributed by atoms with Crippen molar-refractivity contribution >= 4 is 89.0 Å². The standard InChI is InChI=1S/C34H49N3O4S.C30H40BrN3O2.C29H38BrN3O2.C28H36F3N3O3/c1-25(38)35-19-17-26(18-20-35)23-31(39)37-22-21-36(24-30(37)33(2,3)4)32(27-11-9-8-10-12-27)28-13-15-29(16-14-28)42(40,41)34(5,6)7;1-22(35)32-16-14-23(15-17-32)20-28(36)34-19-18-33(21-27(34)30(2,3)4)29(24-8-6-5-7-9-24)25-10-12-26(31)13-11-25;1-21(2)27-20-32(29(24-7-5-4-6-8-24)25-9-11-26(30)12-10-25)17-18-33(27)28(35)19-23-13-15-31(16-14-23)22(3)34;1-19(2)23-18-33(15-16-34(23)26(36)17-21-11-13-32(14-12-21)20(3)35)27(22-7-5-4-6-8-22)24-9-10-25(37-24)28(29,30)31/h8-16,26,30,32H,17-24H2,1-7H3;5-13,23,27,29H,14-21H2,1-4H3;4-12,21,23,27,29H,13-20H2,1-3H3;4-10,19,21,23,27H,11-18H2,1-3H3/t30-,32?;2*27-,29?;23-,27?/m1111/s1. The maximum absolute atomic E-state index is 13.7. The molecule has 29 heteroatoms. The molecule has 0 radical (unpaired) electrons. The lowest BCUT2D eigenvalue weighted by atomic mass is 9.82. The number of likely N-dealkylation sites (tertiary alicyclic amines) is 4. The van der Waals surface area contributed by atoms with Crippen LogP contribution in [0.5, 0.6) is 0 Å². The van der Waals surface area contributed by atoms with Crippen LogP contribution in [0.4, 0.5) is 13.2 Å². The van der Waals surface area contributed by atoms with E-state index in [1.807, 2.05) is 85.2 Å². The van der Waals surface area contributed by atoms with Crippen molar-refractivity contribution in [1.29, 1.82) is 0 Å². The number of nitrogens with zero attached hydrogens (tertiary/aromatic N) is 12. The van der Waals surface area contributed by atoms with E-state index < -0.39 is 32.6 Å². The molecule has 7 aromatic carbocycles. The number of sulfone groups is 1. The molecule has 0 aliphatic carbocycles. The third-order valence-electron chi connectivity index (χ3n) is 32.4. The van der Waals surface area contributed by atoms with Crippen LogP contribution < -0.4 is 0 Å². The highest BCUT2D eigenvalue weighted by Gasteiger charge is 2.47. The third-order valence-corrected chi connectivity index (χ3v) is 36.0. The van der Waals surface area contributed by atoms with Gasteiger partial charge in [-0.15, -0.1) is 0 Å². The predicted octanol–water partition coefficient (Wildman–Crippen LogP) is 21.9. The minimum absolute atomic E-state index is 0.0304. The van der Waals surface area contributed by atoms with Crippen LogP contribution in [-0.4, -0.2) is 274 Å². The smallest absolute Gasteiger partial charge is 0.449 e. The Morgan fingerprint density at radius 3 is 0.820 bits per heavy atom. The summed E-state index contributed by atoms with van der Waals surface area (Å²) in [4.78, 5) is 127. The van der Waals surface area contributed by atoms with Gasteiger partial charge in [0.25, 0.3) is 0 Å². The number of halogens is 5. The van der Waals surface area contributed by atoms with E-state index in [1.54, 1.807) is 60.6 Å². The van der Waals surface area contributed by atoms with Gasteiger partial charge in [-0.05, 0) is 206 Å². The Kier molecular flexibility index (Phi) is 40.9. The number of carbonyl (C=O) groups is 8. The lowest BCUT2D eigenvalue weighted by Gasteiger charge is -2.50. The average molecular weight is 2210 g/mol. The SMILES string of the molecule is CC(=O)N1CCC(CC(=O)N2CCN(C(c3ccccc3)c3ccc(Br)cc3)C[C@@H]2C(C)(C)C)CC1.CC(=O)N1CCC(CC(=O)N2CCN(C(c3ccccc3)c3ccc(Br)cc3)C[C@@H]2C(C)C)CC1.CC(=O)N1CCC(CC(=O)N2CCN(C(c3ccccc3)c3ccc(C(F)(F)F)o3)C[C@@H]2C(C)C)CC1.CC(=O)N1CCC(CC(=O)N2CCN(C(c3ccccc3)c3ccc(S(=O)(=O)C(C)(C)C)cc3)C[C@@H]2C(C)(C)C)CC1. The fraction of sp³-hybridized carbons (Fsp3) is 0.554. The predicted molar refractivity (Wildman–Crippen MR) is 594 cm³/mol. The van der Waals surface area contributed by atoms with Crippen molar-refractivity contribution in [2.75, 3.05) is 131 Å². The molecule has 0 saturated carbocycles. The molecular weight excluding hydrogens is 2050 g/mol. The van der Waals surface area contributed by atoms with E-state index in [0.717, 1.165) is 175 Å². The molecule has 8 saturated heterocycles. The topological polar surface area (TPSA) is 223 Å². The zero-order valence-electron chi connectivity index (χ0n) is 91.5. The minimum atomic E-state index is -4.55. The second kappa shape index (κ2) is 52.4. The molecule has 814 valence electrons. The molecule has 1 aromatic heterocycles. The monoisotopic (exact) mass is 2210 g/mol. The van der Waals surface area contributed by atoms with Crippen LogP contribution in [0.1, 0.15) is 269 Å². The largest absolute Gasteiger partial charge is 0.454 e. The molecule has 9 heterocycles. The van der Waals surface area contributed by atoms with Crippen LogP contribution in [0, 0.1) is 46.3 Å². The number of benzene rings is 7. The molecule has 150 heavy (non-hydrogen) atoms. The fourth-order valence-corrected chi connectivity index (χ4v) is 25.1. The van der Waals surface area contributed by atoms with Crippen molar-refractivity contribution in [3.8, 4) is 0 Å². The summed E-state index contributed by atoms with van der Waals surface area (Å²) < 4.78 is 72.7. The zero-order chi connectivity index (χ0) is 108. The quantitative estimate of drug-likeness (QED) is 0.0581. The van der Waals surface area contributed by atoms with Crippen molar-refractivity contribution in [2.24, 2.45) is 46.3 Å². The number of furan rings is 1. The van der Waals surface area contributed by atoms with E-state index in [1.165, 1.54) is 28.3 Å². The van der Waals surface area contributed by atoms with Gasteiger partial charge in [-0.1, -0.05) is 259 Å². The van der Waals surface area contributed by atoms with E-state index in [4.69, 9.17) is 4.42 Å². The fourth-order valence-electron chi connectivity index (χ4n) is 23.4. The Balaban J connectivity index is 0.000000167. The third kappa shape index (κ3) is 30.9. The second-order valence-corrected chi connectivity index (χ2v) is 51.1. The minimum Gasteiger partial charge on any atom is -0.454 e. The average Bonchev–Trinajstić information content (AvgIpc) is 1.12. The van der Waals surface area contributed by atoms with Gasteiger partial charge in [0.05, 0.1) is 33.8 Å². The second-order valence-electron chi connectivity index (χ2n) is 46.6. The summed E-state index contributed by atoms with van der Waals surface area (Å²) >= 11 is 7.15. The first-order valence-corrected chi connectivity index (χ1v) is 57.6. The van der Waals surface area contributed by atoms with Crippen molar-refractivity contribution in [3.63, 3.8) is 0 Å². The van der Waals surface area contributed by atoms with Crippen LogP contribution in [0.3, 0.4) is 0 Å². The van der Waals surface area contributed by atoms with Crippen LogP contribution in [0.15, 0.2) is 225 Å². The molecule has 8 aliphatic rings. The van der Waals surface area contributed by atoms with Gasteiger partial charge in [0.2, 0.25) is 53.0 Å². The van der Waals surface area contributed by atoms with E-state index in [2.05, 4.69) is 257 Å². The van der Waals surface area contributed by atoms with Crippen molar-refractivity contribution in [2.45, 2.75) is 259 Å². The van der Waals surface area contributed by atoms with Crippen molar-refractivity contribution in [1.82, 2.24) is 58.8 Å². The molecule has 8 amide bonds. The Morgan fingerprint density at radius 2 is 0.567 bits per heavy atom. The molecule has 0 spiro atoms. The highest BCUT2D eigenvalue weighted by Crippen LogP contribution is 2.44. The molecule has 23 nitrogen and oxygen atoms in total. The maximum Gasteiger partial charge on any atom is 0.449 e. The lowest BCUT2D eigenvalue weighted by Crippen LogP contribution is -2.60. The first kappa shape index (κ1) is 117. The molecule has 8 aromatic rings. The molecule has 4 unspecified atom stereocenters. The maximum atomic E-state index is 13.7. The highest BCUT2D eigenvalue weighted by molar-refractivity contribution is 9.10. The highest BCUT2D eigenvalue weighted by atomic mass is 79.9. The van der Waals surface area contributed by atoms with Crippen LogP contribution in [0.25, 0.3) is 0 Å². The summed E-state index contributed by atoms with van der Waals surface area (Å²) in [6, 6.07) is 68.3. The molecular formula is C121H163Br2F3N12O11S. The summed E-state index contributed by atoms with van der Waals surface area (Å²) in [5.41, 5.74) is 8.00. The normalized spacial score (nSPS) is 20.7. The number of hydrogen-bond acceptors (Lipinski definition) is 15. The van der Waals surface area contributed by atoms with Gasteiger partial charge in [-0.25, -0.2) is 8.42 Å². The van der Waals surface area contributed by atoms with Gasteiger partial charge in [-0.3, -0.25) is 58.0 Å². The molecule has 16 rings (SSSR count). The Morgan fingerprint density at radius 1 is 0.320 bits per heavy atom. The molecule has 8 fully saturated rings. The van der Waals surface area contributed by atoms with Gasteiger partial charge >= 0.3 is 6.18 Å². The number of carbonyl (C=O) groups excluding carboxylic acids is 8. The Labute approximate surface area is 907 Å². The first-order chi connectivity index (χ1) is 71.1. The van der Waals surface area contributed by atoms with Crippen LogP contribution in [0.2, 0.25) is 0 Å². The van der Waals surface area contributed by atoms with E-state index in [0.29, 0.717) is 93.5 Å². The molecule has 8 aliphatic heterocycles. The summed E-state index contributed by atoms with van der Waals surface area (Å²) in [5, 5.41) is 0. The summed E-state index contributed by atoms with van der Waals surface area (Å²) in [5.74, 6) is 2.47. The van der Waals surface area contributed by atoms with Crippen LogP contribution in [-0.2, 0) is 54.4 Å². The van der Waals surface area contributed by atoms with Gasteiger partial charge in [0.15, 0.2) is 9.84 Å².